The molecule has 4 aliphatic carbocycles. The van der Waals surface area contributed by atoms with Crippen LogP contribution in [0.2, 0.25) is 0 Å². The third-order valence-corrected chi connectivity index (χ3v) is 7.50. The van der Waals surface area contributed by atoms with Crippen LogP contribution in [0.3, 0.4) is 0 Å². The van der Waals surface area contributed by atoms with Gasteiger partial charge in [0.2, 0.25) is 0 Å². The second-order valence-corrected chi connectivity index (χ2v) is 8.15. The lowest BCUT2D eigenvalue weighted by Gasteiger charge is -2.29. The van der Waals surface area contributed by atoms with E-state index in [2.05, 4.69) is 23.9 Å². The molecule has 0 aliphatic heterocycles. The summed E-state index contributed by atoms with van der Waals surface area (Å²) >= 11 is 2.21. The molecule has 0 aromatic carbocycles. The van der Waals surface area contributed by atoms with Crippen molar-refractivity contribution >= 4 is 17.7 Å². The Bertz CT molecular complexity index is 405. The quantitative estimate of drug-likeness (QED) is 0.795. The molecule has 1 N–H and O–H groups in total. The van der Waals surface area contributed by atoms with Gasteiger partial charge in [-0.05, 0) is 55.8 Å². The summed E-state index contributed by atoms with van der Waals surface area (Å²) in [5, 5.41) is 10.8. The smallest absolute Gasteiger partial charge is 0.306 e. The Kier molecular flexibility index (Phi) is 2.55. The lowest BCUT2D eigenvalue weighted by molar-refractivity contribution is -0.143. The van der Waals surface area contributed by atoms with Crippen LogP contribution in [0.1, 0.15) is 32.1 Å². The van der Waals surface area contributed by atoms with E-state index in [4.69, 9.17) is 0 Å². The first-order valence-electron chi connectivity index (χ1n) is 7.27. The minimum atomic E-state index is -0.547. The van der Waals surface area contributed by atoms with Crippen LogP contribution in [0, 0.1) is 29.6 Å². The lowest BCUT2D eigenvalue weighted by atomic mass is 9.89. The van der Waals surface area contributed by atoms with E-state index < -0.39 is 5.97 Å². The molecule has 3 heteroatoms. The zero-order valence-corrected chi connectivity index (χ0v) is 11.3. The van der Waals surface area contributed by atoms with Crippen molar-refractivity contribution in [1.29, 1.82) is 0 Å². The number of carbonyl (C=O) groups is 1. The number of allylic oxidation sites excluding steroid dienone is 2. The molecule has 0 heterocycles. The summed E-state index contributed by atoms with van der Waals surface area (Å²) in [6.07, 6.45) is 10.9. The molecule has 3 fully saturated rings. The fourth-order valence-electron chi connectivity index (χ4n) is 4.80. The minimum absolute atomic E-state index is 0.0215. The molecule has 0 aromatic heterocycles. The first-order valence-corrected chi connectivity index (χ1v) is 8.21. The fourth-order valence-corrected chi connectivity index (χ4v) is 6.82. The van der Waals surface area contributed by atoms with Crippen molar-refractivity contribution in [2.45, 2.75) is 42.6 Å². The van der Waals surface area contributed by atoms with Crippen LogP contribution in [0.15, 0.2) is 12.2 Å². The predicted octanol–water partition coefficient (Wildman–Crippen LogP) is 3.18. The van der Waals surface area contributed by atoms with Gasteiger partial charge in [-0.2, -0.15) is 11.8 Å². The summed E-state index contributed by atoms with van der Waals surface area (Å²) in [5.41, 5.74) is 0. The molecular weight excluding hydrogens is 244 g/mol. The first-order chi connectivity index (χ1) is 8.70. The average molecular weight is 264 g/mol. The number of carboxylic acids is 1. The van der Waals surface area contributed by atoms with E-state index >= 15 is 0 Å². The summed E-state index contributed by atoms with van der Waals surface area (Å²) in [7, 11) is 0. The van der Waals surface area contributed by atoms with Crippen LogP contribution in [0.4, 0.5) is 0 Å². The van der Waals surface area contributed by atoms with E-state index in [0.29, 0.717) is 11.8 Å². The molecule has 4 rings (SSSR count). The van der Waals surface area contributed by atoms with Crippen LogP contribution in [-0.2, 0) is 4.79 Å². The van der Waals surface area contributed by atoms with Gasteiger partial charge >= 0.3 is 5.97 Å². The van der Waals surface area contributed by atoms with Gasteiger partial charge in [-0.3, -0.25) is 4.79 Å². The van der Waals surface area contributed by atoms with Crippen LogP contribution in [-0.4, -0.2) is 21.6 Å². The molecule has 7 atom stereocenters. The van der Waals surface area contributed by atoms with Gasteiger partial charge in [0.05, 0.1) is 5.92 Å². The molecule has 18 heavy (non-hydrogen) atoms. The third kappa shape index (κ3) is 1.66. The van der Waals surface area contributed by atoms with Gasteiger partial charge in [-0.25, -0.2) is 0 Å². The van der Waals surface area contributed by atoms with E-state index in [1.807, 2.05) is 0 Å². The Morgan fingerprint density at radius 2 is 1.89 bits per heavy atom. The van der Waals surface area contributed by atoms with Gasteiger partial charge in [-0.1, -0.05) is 12.2 Å². The Hall–Kier alpha value is -0.440. The van der Waals surface area contributed by atoms with Crippen molar-refractivity contribution in [3.63, 3.8) is 0 Å². The predicted molar refractivity (Wildman–Crippen MR) is 72.5 cm³/mol. The van der Waals surface area contributed by atoms with Crippen LogP contribution >= 0.6 is 11.8 Å². The largest absolute Gasteiger partial charge is 0.481 e. The van der Waals surface area contributed by atoms with E-state index in [9.17, 15) is 9.90 Å². The highest BCUT2D eigenvalue weighted by atomic mass is 32.2. The van der Waals surface area contributed by atoms with Gasteiger partial charge in [0, 0.05) is 10.5 Å². The molecule has 0 saturated heterocycles. The van der Waals surface area contributed by atoms with Gasteiger partial charge < -0.3 is 5.11 Å². The lowest BCUT2D eigenvalue weighted by Crippen LogP contribution is -2.27. The van der Waals surface area contributed by atoms with E-state index in [0.717, 1.165) is 28.8 Å². The molecule has 2 nitrogen and oxygen atoms in total. The standard InChI is InChI=1S/C15H20O2S/c16-15(17)12-6-11-5-10(12)7-14(11)18-13-4-8-1-2-9(13)3-8/h1-2,8-14H,3-7H2,(H,16,17). The van der Waals surface area contributed by atoms with Crippen molar-refractivity contribution in [3.05, 3.63) is 12.2 Å². The molecule has 0 spiro atoms. The van der Waals surface area contributed by atoms with Crippen molar-refractivity contribution in [2.24, 2.45) is 29.6 Å². The van der Waals surface area contributed by atoms with Crippen LogP contribution in [0.5, 0.6) is 0 Å². The second kappa shape index (κ2) is 4.03. The molecule has 4 bridgehead atoms. The summed E-state index contributed by atoms with van der Waals surface area (Å²) in [6.45, 7) is 0. The van der Waals surface area contributed by atoms with E-state index in [1.54, 1.807) is 0 Å². The Balaban J connectivity index is 1.39. The molecule has 7 unspecified atom stereocenters. The van der Waals surface area contributed by atoms with Crippen molar-refractivity contribution < 1.29 is 9.90 Å². The Morgan fingerprint density at radius 1 is 1.00 bits per heavy atom. The molecule has 0 aromatic rings. The summed E-state index contributed by atoms with van der Waals surface area (Å²) < 4.78 is 0. The minimum Gasteiger partial charge on any atom is -0.481 e. The summed E-state index contributed by atoms with van der Waals surface area (Å²) in [5.74, 6) is 2.30. The maximum absolute atomic E-state index is 11.1. The third-order valence-electron chi connectivity index (χ3n) is 5.68. The van der Waals surface area contributed by atoms with E-state index in [-0.39, 0.29) is 5.92 Å². The highest BCUT2D eigenvalue weighted by molar-refractivity contribution is 8.00. The van der Waals surface area contributed by atoms with Gasteiger partial charge in [-0.15, -0.1) is 0 Å². The normalized spacial score (nSPS) is 52.3. The van der Waals surface area contributed by atoms with Crippen molar-refractivity contribution in [2.75, 3.05) is 0 Å². The van der Waals surface area contributed by atoms with Gasteiger partial charge in [0.15, 0.2) is 0 Å². The number of thioether (sulfide) groups is 1. The molecule has 98 valence electrons. The topological polar surface area (TPSA) is 37.3 Å². The van der Waals surface area contributed by atoms with Gasteiger partial charge in [0.1, 0.15) is 0 Å². The Morgan fingerprint density at radius 3 is 2.44 bits per heavy atom. The van der Waals surface area contributed by atoms with E-state index in [1.165, 1.54) is 25.7 Å². The number of carboxylic acid groups (broad SMARTS) is 1. The number of hydrogen-bond donors (Lipinski definition) is 1. The zero-order chi connectivity index (χ0) is 12.3. The SMILES string of the molecule is O=C(O)C1CC2CC1CC2SC1CC2C=CC1C2. The number of fused-ring (bicyclic) bond motifs is 4. The van der Waals surface area contributed by atoms with Crippen molar-refractivity contribution in [3.8, 4) is 0 Å². The highest BCUT2D eigenvalue weighted by Crippen LogP contribution is 2.56. The summed E-state index contributed by atoms with van der Waals surface area (Å²) in [6, 6.07) is 0. The number of aliphatic carboxylic acids is 1. The monoisotopic (exact) mass is 264 g/mol. The number of rotatable bonds is 3. The van der Waals surface area contributed by atoms with Gasteiger partial charge in [0.25, 0.3) is 0 Å². The summed E-state index contributed by atoms with van der Waals surface area (Å²) in [4.78, 5) is 11.1. The maximum atomic E-state index is 11.1. The maximum Gasteiger partial charge on any atom is 0.306 e. The van der Waals surface area contributed by atoms with Crippen molar-refractivity contribution in [1.82, 2.24) is 0 Å². The fraction of sp³-hybridized carbons (Fsp3) is 0.800. The average Bonchev–Trinajstić information content (AvgIpc) is 3.07. The van der Waals surface area contributed by atoms with Crippen LogP contribution < -0.4 is 0 Å². The Labute approximate surface area is 112 Å². The zero-order valence-electron chi connectivity index (χ0n) is 10.5. The highest BCUT2D eigenvalue weighted by Gasteiger charge is 2.50. The molecular formula is C15H20O2S. The molecule has 3 saturated carbocycles. The van der Waals surface area contributed by atoms with Crippen LogP contribution in [0.25, 0.3) is 0 Å². The number of hydrogen-bond acceptors (Lipinski definition) is 2. The first kappa shape index (κ1) is 11.4. The second-order valence-electron chi connectivity index (χ2n) is 6.67. The molecule has 0 radical (unpaired) electrons. The molecule has 4 aliphatic rings. The molecule has 0 amide bonds.